The van der Waals surface area contributed by atoms with Crippen LogP contribution in [0.15, 0.2) is 30.5 Å². The first-order chi connectivity index (χ1) is 8.55. The maximum atomic E-state index is 11.5. The van der Waals surface area contributed by atoms with Crippen molar-refractivity contribution in [3.63, 3.8) is 0 Å². The zero-order chi connectivity index (χ0) is 13.2. The molecule has 0 spiro atoms. The van der Waals surface area contributed by atoms with E-state index in [-0.39, 0.29) is 11.5 Å². The van der Waals surface area contributed by atoms with Crippen molar-refractivity contribution in [3.05, 3.63) is 36.0 Å². The summed E-state index contributed by atoms with van der Waals surface area (Å²) in [6, 6.07) is 9.39. The van der Waals surface area contributed by atoms with Crippen LogP contribution in [-0.2, 0) is 16.4 Å². The second-order valence-electron chi connectivity index (χ2n) is 4.13. The summed E-state index contributed by atoms with van der Waals surface area (Å²) >= 11 is 0. The zero-order valence-corrected chi connectivity index (χ0v) is 10.9. The van der Waals surface area contributed by atoms with E-state index in [1.54, 1.807) is 19.1 Å². The summed E-state index contributed by atoms with van der Waals surface area (Å²) in [4.78, 5) is 0. The Balaban J connectivity index is 2.28. The smallest absolute Gasteiger partial charge is 0.151 e. The second kappa shape index (κ2) is 4.83. The van der Waals surface area contributed by atoms with E-state index in [1.807, 2.05) is 22.9 Å². The summed E-state index contributed by atoms with van der Waals surface area (Å²) < 4.78 is 24.9. The van der Waals surface area contributed by atoms with E-state index in [4.69, 9.17) is 5.26 Å². The van der Waals surface area contributed by atoms with Gasteiger partial charge in [-0.15, -0.1) is 0 Å². The first-order valence-corrected chi connectivity index (χ1v) is 7.57. The molecule has 1 aromatic carbocycles. The molecule has 0 amide bonds. The van der Waals surface area contributed by atoms with Gasteiger partial charge in [0.1, 0.15) is 0 Å². The summed E-state index contributed by atoms with van der Waals surface area (Å²) in [6.45, 7) is 2.11. The lowest BCUT2D eigenvalue weighted by Crippen LogP contribution is -2.14. The average Bonchev–Trinajstić information content (AvgIpc) is 2.78. The van der Waals surface area contributed by atoms with Crippen LogP contribution in [0.3, 0.4) is 0 Å². The molecule has 1 aromatic heterocycles. The molecule has 0 saturated carbocycles. The Morgan fingerprint density at radius 3 is 2.78 bits per heavy atom. The summed E-state index contributed by atoms with van der Waals surface area (Å²) in [5.74, 6) is 0.318. The van der Waals surface area contributed by atoms with Gasteiger partial charge in [-0.25, -0.2) is 8.42 Å². The third-order valence-corrected chi connectivity index (χ3v) is 4.67. The minimum atomic E-state index is -2.95. The van der Waals surface area contributed by atoms with Gasteiger partial charge in [-0.1, -0.05) is 6.92 Å². The van der Waals surface area contributed by atoms with E-state index in [0.29, 0.717) is 12.1 Å². The van der Waals surface area contributed by atoms with E-state index in [0.717, 1.165) is 10.9 Å². The molecule has 18 heavy (non-hydrogen) atoms. The number of sulfone groups is 1. The summed E-state index contributed by atoms with van der Waals surface area (Å²) in [6.07, 6.45) is 1.86. The highest BCUT2D eigenvalue weighted by atomic mass is 32.2. The van der Waals surface area contributed by atoms with Gasteiger partial charge in [-0.3, -0.25) is 0 Å². The Morgan fingerprint density at radius 2 is 2.11 bits per heavy atom. The van der Waals surface area contributed by atoms with E-state index in [1.165, 1.54) is 0 Å². The molecule has 2 aromatic rings. The molecular formula is C13H14N2O2S. The van der Waals surface area contributed by atoms with Crippen LogP contribution in [-0.4, -0.2) is 24.5 Å². The van der Waals surface area contributed by atoms with Crippen LogP contribution < -0.4 is 0 Å². The molecule has 94 valence electrons. The normalized spacial score (nSPS) is 11.6. The van der Waals surface area contributed by atoms with Crippen LogP contribution in [0.5, 0.6) is 0 Å². The number of nitrogens with zero attached hydrogens (tertiary/aromatic N) is 2. The number of benzene rings is 1. The Morgan fingerprint density at radius 1 is 1.33 bits per heavy atom. The lowest BCUT2D eigenvalue weighted by molar-refractivity contribution is 0.591. The van der Waals surface area contributed by atoms with E-state index in [9.17, 15) is 8.42 Å². The number of fused-ring (bicyclic) bond motifs is 1. The third kappa shape index (κ3) is 2.54. The quantitative estimate of drug-likeness (QED) is 0.846. The Labute approximate surface area is 106 Å². The van der Waals surface area contributed by atoms with Crippen molar-refractivity contribution in [1.82, 2.24) is 4.57 Å². The maximum absolute atomic E-state index is 11.5. The van der Waals surface area contributed by atoms with E-state index >= 15 is 0 Å². The molecular weight excluding hydrogens is 248 g/mol. The van der Waals surface area contributed by atoms with Crippen LogP contribution in [0.1, 0.15) is 12.5 Å². The number of nitriles is 1. The molecule has 4 nitrogen and oxygen atoms in total. The lowest BCUT2D eigenvalue weighted by atomic mass is 10.2. The van der Waals surface area contributed by atoms with Gasteiger partial charge in [0, 0.05) is 29.4 Å². The summed E-state index contributed by atoms with van der Waals surface area (Å²) in [5, 5.41) is 9.77. The van der Waals surface area contributed by atoms with Crippen molar-refractivity contribution in [2.24, 2.45) is 0 Å². The third-order valence-electron chi connectivity index (χ3n) is 2.98. The lowest BCUT2D eigenvalue weighted by Gasteiger charge is -2.05. The summed E-state index contributed by atoms with van der Waals surface area (Å²) in [5.41, 5.74) is 1.57. The molecule has 0 atom stereocenters. The number of rotatable bonds is 4. The fourth-order valence-corrected chi connectivity index (χ4v) is 2.61. The highest BCUT2D eigenvalue weighted by Crippen LogP contribution is 2.17. The number of hydrogen-bond donors (Lipinski definition) is 0. The number of aryl methyl sites for hydroxylation is 1. The van der Waals surface area contributed by atoms with Gasteiger partial charge in [0.25, 0.3) is 0 Å². The van der Waals surface area contributed by atoms with Crippen molar-refractivity contribution in [2.45, 2.75) is 13.5 Å². The molecule has 0 aliphatic rings. The van der Waals surface area contributed by atoms with Gasteiger partial charge in [-0.05, 0) is 24.3 Å². The monoisotopic (exact) mass is 262 g/mol. The zero-order valence-electron chi connectivity index (χ0n) is 10.1. The molecule has 0 radical (unpaired) electrons. The number of hydrogen-bond acceptors (Lipinski definition) is 3. The SMILES string of the molecule is CCS(=O)(=O)CCn1ccc2cc(C#N)ccc21. The van der Waals surface area contributed by atoms with Crippen LogP contribution in [0.25, 0.3) is 10.9 Å². The minimum Gasteiger partial charge on any atom is -0.346 e. The minimum absolute atomic E-state index is 0.146. The predicted molar refractivity (Wildman–Crippen MR) is 71.0 cm³/mol. The van der Waals surface area contributed by atoms with Crippen molar-refractivity contribution < 1.29 is 8.42 Å². The van der Waals surface area contributed by atoms with Gasteiger partial charge in [0.15, 0.2) is 9.84 Å². The van der Waals surface area contributed by atoms with Gasteiger partial charge in [0.05, 0.1) is 17.4 Å². The van der Waals surface area contributed by atoms with Crippen LogP contribution in [0.2, 0.25) is 0 Å². The predicted octanol–water partition coefficient (Wildman–Crippen LogP) is 1.95. The first kappa shape index (κ1) is 12.7. The van der Waals surface area contributed by atoms with Gasteiger partial charge in [-0.2, -0.15) is 5.26 Å². The molecule has 5 heteroatoms. The van der Waals surface area contributed by atoms with Crippen LogP contribution in [0, 0.1) is 11.3 Å². The van der Waals surface area contributed by atoms with Gasteiger partial charge >= 0.3 is 0 Å². The second-order valence-corrected chi connectivity index (χ2v) is 6.60. The van der Waals surface area contributed by atoms with Crippen molar-refractivity contribution in [2.75, 3.05) is 11.5 Å². The van der Waals surface area contributed by atoms with Crippen LogP contribution in [0.4, 0.5) is 0 Å². The summed E-state index contributed by atoms with van der Waals surface area (Å²) in [7, 11) is -2.95. The topological polar surface area (TPSA) is 62.9 Å². The molecule has 0 fully saturated rings. The number of aromatic nitrogens is 1. The Kier molecular flexibility index (Phi) is 3.39. The Bertz CT molecular complexity index is 708. The first-order valence-electron chi connectivity index (χ1n) is 5.75. The molecule has 0 aliphatic heterocycles. The van der Waals surface area contributed by atoms with E-state index < -0.39 is 9.84 Å². The highest BCUT2D eigenvalue weighted by Gasteiger charge is 2.09. The average molecular weight is 262 g/mol. The fraction of sp³-hybridized carbons (Fsp3) is 0.308. The molecule has 0 N–H and O–H groups in total. The molecule has 0 unspecified atom stereocenters. The van der Waals surface area contributed by atoms with Crippen molar-refractivity contribution in [3.8, 4) is 6.07 Å². The van der Waals surface area contributed by atoms with Crippen LogP contribution >= 0.6 is 0 Å². The molecule has 2 rings (SSSR count). The highest BCUT2D eigenvalue weighted by molar-refractivity contribution is 7.91. The van der Waals surface area contributed by atoms with Gasteiger partial charge < -0.3 is 4.57 Å². The maximum Gasteiger partial charge on any atom is 0.151 e. The molecule has 0 bridgehead atoms. The standard InChI is InChI=1S/C13H14N2O2S/c1-2-18(16,17)8-7-15-6-5-12-9-11(10-14)3-4-13(12)15/h3-6,9H,2,7-8H2,1H3. The van der Waals surface area contributed by atoms with Crippen molar-refractivity contribution >= 4 is 20.7 Å². The van der Waals surface area contributed by atoms with Crippen molar-refractivity contribution in [1.29, 1.82) is 5.26 Å². The fourth-order valence-electron chi connectivity index (χ4n) is 1.85. The molecule has 1 heterocycles. The Hall–Kier alpha value is -1.80. The molecule has 0 aliphatic carbocycles. The van der Waals surface area contributed by atoms with E-state index in [2.05, 4.69) is 6.07 Å². The molecule has 0 saturated heterocycles. The largest absolute Gasteiger partial charge is 0.346 e. The van der Waals surface area contributed by atoms with Gasteiger partial charge in [0.2, 0.25) is 0 Å².